The van der Waals surface area contributed by atoms with Crippen LogP contribution >= 0.6 is 24.0 Å². The summed E-state index contributed by atoms with van der Waals surface area (Å²) in [6.07, 6.45) is 2.95. The molecule has 2 nitrogen and oxygen atoms in total. The minimum Gasteiger partial charge on any atom is -0.315 e. The first kappa shape index (κ1) is 11.7. The normalized spacial score (nSPS) is 13.1. The third-order valence-corrected chi connectivity index (χ3v) is 4.28. The zero-order valence-electron chi connectivity index (χ0n) is 9.22. The van der Waals surface area contributed by atoms with Gasteiger partial charge in [0.05, 0.1) is 5.39 Å². The standard InChI is InChI=1S/C12H15NOS2/c1-2-9(8-15)7-13-5-3-11-10(12(13)14)4-6-16-11/h3-6,9,15H,2,7-8H2,1H3. The largest absolute Gasteiger partial charge is 0.315 e. The first-order valence-corrected chi connectivity index (χ1v) is 6.95. The Balaban J connectivity index is 2.37. The van der Waals surface area contributed by atoms with Gasteiger partial charge in [0.2, 0.25) is 0 Å². The topological polar surface area (TPSA) is 22.0 Å². The average Bonchev–Trinajstić information content (AvgIpc) is 2.77. The number of hydrogen-bond acceptors (Lipinski definition) is 3. The molecular formula is C12H15NOS2. The second kappa shape index (κ2) is 5.06. The SMILES string of the molecule is CCC(CS)Cn1ccc2sccc2c1=O. The van der Waals surface area contributed by atoms with Gasteiger partial charge < -0.3 is 4.57 Å². The van der Waals surface area contributed by atoms with E-state index in [0.29, 0.717) is 5.92 Å². The van der Waals surface area contributed by atoms with Crippen molar-refractivity contribution in [3.05, 3.63) is 34.1 Å². The molecule has 4 heteroatoms. The third kappa shape index (κ3) is 2.18. The summed E-state index contributed by atoms with van der Waals surface area (Å²) in [7, 11) is 0. The van der Waals surface area contributed by atoms with E-state index < -0.39 is 0 Å². The van der Waals surface area contributed by atoms with E-state index >= 15 is 0 Å². The minimum absolute atomic E-state index is 0.124. The van der Waals surface area contributed by atoms with Crippen molar-refractivity contribution in [1.82, 2.24) is 4.57 Å². The van der Waals surface area contributed by atoms with Crippen molar-refractivity contribution in [1.29, 1.82) is 0 Å². The smallest absolute Gasteiger partial charge is 0.259 e. The van der Waals surface area contributed by atoms with Crippen LogP contribution < -0.4 is 5.56 Å². The number of hydrogen-bond donors (Lipinski definition) is 1. The van der Waals surface area contributed by atoms with Gasteiger partial charge in [-0.15, -0.1) is 11.3 Å². The summed E-state index contributed by atoms with van der Waals surface area (Å²) in [5.41, 5.74) is 0.124. The van der Waals surface area contributed by atoms with E-state index in [9.17, 15) is 4.79 Å². The number of thiophene rings is 1. The average molecular weight is 253 g/mol. The Morgan fingerprint density at radius 1 is 1.50 bits per heavy atom. The zero-order valence-corrected chi connectivity index (χ0v) is 10.9. The molecule has 86 valence electrons. The Morgan fingerprint density at radius 3 is 3.00 bits per heavy atom. The van der Waals surface area contributed by atoms with Crippen molar-refractivity contribution in [2.24, 2.45) is 5.92 Å². The van der Waals surface area contributed by atoms with Gasteiger partial charge >= 0.3 is 0 Å². The molecule has 2 heterocycles. The molecule has 0 fully saturated rings. The van der Waals surface area contributed by atoms with E-state index in [1.54, 1.807) is 15.9 Å². The molecule has 1 unspecified atom stereocenters. The quantitative estimate of drug-likeness (QED) is 0.831. The van der Waals surface area contributed by atoms with E-state index in [4.69, 9.17) is 0 Å². The van der Waals surface area contributed by atoms with Crippen LogP contribution in [0.5, 0.6) is 0 Å². The van der Waals surface area contributed by atoms with Crippen LogP contribution in [0.4, 0.5) is 0 Å². The first-order chi connectivity index (χ1) is 7.76. The molecule has 0 N–H and O–H groups in total. The second-order valence-electron chi connectivity index (χ2n) is 3.93. The van der Waals surface area contributed by atoms with E-state index in [0.717, 1.165) is 28.8 Å². The van der Waals surface area contributed by atoms with Crippen molar-refractivity contribution in [2.45, 2.75) is 19.9 Å². The summed E-state index contributed by atoms with van der Waals surface area (Å²) in [5.74, 6) is 1.29. The van der Waals surface area contributed by atoms with E-state index in [2.05, 4.69) is 19.6 Å². The molecule has 2 aromatic rings. The van der Waals surface area contributed by atoms with Crippen LogP contribution in [0.3, 0.4) is 0 Å². The Kier molecular flexibility index (Phi) is 3.71. The summed E-state index contributed by atoms with van der Waals surface area (Å²) >= 11 is 5.92. The molecule has 0 amide bonds. The number of nitrogens with zero attached hydrogens (tertiary/aromatic N) is 1. The zero-order chi connectivity index (χ0) is 11.5. The maximum Gasteiger partial charge on any atom is 0.259 e. The van der Waals surface area contributed by atoms with Crippen LogP contribution in [0.1, 0.15) is 13.3 Å². The summed E-state index contributed by atoms with van der Waals surface area (Å²) in [4.78, 5) is 12.1. The number of rotatable bonds is 4. The fraction of sp³-hybridized carbons (Fsp3) is 0.417. The number of thiol groups is 1. The highest BCUT2D eigenvalue weighted by atomic mass is 32.1. The number of fused-ring (bicyclic) bond motifs is 1. The molecule has 0 aromatic carbocycles. The number of aromatic nitrogens is 1. The van der Waals surface area contributed by atoms with Crippen molar-refractivity contribution in [2.75, 3.05) is 5.75 Å². The monoisotopic (exact) mass is 253 g/mol. The fourth-order valence-electron chi connectivity index (χ4n) is 1.74. The highest BCUT2D eigenvalue weighted by Crippen LogP contribution is 2.17. The van der Waals surface area contributed by atoms with Crippen LogP contribution in [0, 0.1) is 5.92 Å². The lowest BCUT2D eigenvalue weighted by Crippen LogP contribution is -2.23. The summed E-state index contributed by atoms with van der Waals surface area (Å²) in [5, 5.41) is 2.80. The molecule has 0 aliphatic rings. The fourth-order valence-corrected chi connectivity index (χ4v) is 2.89. The van der Waals surface area contributed by atoms with Crippen molar-refractivity contribution in [3.63, 3.8) is 0 Å². The highest BCUT2D eigenvalue weighted by molar-refractivity contribution is 7.80. The molecule has 16 heavy (non-hydrogen) atoms. The molecular weight excluding hydrogens is 238 g/mol. The lowest BCUT2D eigenvalue weighted by Gasteiger charge is -2.13. The minimum atomic E-state index is 0.124. The molecule has 0 saturated heterocycles. The lowest BCUT2D eigenvalue weighted by molar-refractivity contribution is 0.470. The molecule has 0 spiro atoms. The Bertz CT molecular complexity index is 525. The van der Waals surface area contributed by atoms with Gasteiger partial charge in [0.15, 0.2) is 0 Å². The van der Waals surface area contributed by atoms with Gasteiger partial charge in [-0.1, -0.05) is 13.3 Å². The summed E-state index contributed by atoms with van der Waals surface area (Å²) in [6.45, 7) is 2.90. The van der Waals surface area contributed by atoms with Crippen LogP contribution in [-0.4, -0.2) is 10.3 Å². The number of pyridine rings is 1. The van der Waals surface area contributed by atoms with Gasteiger partial charge in [0, 0.05) is 17.4 Å². The lowest BCUT2D eigenvalue weighted by atomic mass is 10.1. The van der Waals surface area contributed by atoms with Crippen molar-refractivity contribution >= 4 is 34.1 Å². The third-order valence-electron chi connectivity index (χ3n) is 2.88. The predicted molar refractivity (Wildman–Crippen MR) is 73.7 cm³/mol. The summed E-state index contributed by atoms with van der Waals surface area (Å²) in [6, 6.07) is 3.92. The highest BCUT2D eigenvalue weighted by Gasteiger charge is 2.08. The van der Waals surface area contributed by atoms with Crippen molar-refractivity contribution in [3.8, 4) is 0 Å². The maximum atomic E-state index is 12.1. The Hall–Kier alpha value is -0.740. The van der Waals surface area contributed by atoms with Crippen LogP contribution in [0.25, 0.3) is 10.1 Å². The Morgan fingerprint density at radius 2 is 2.31 bits per heavy atom. The van der Waals surface area contributed by atoms with Gasteiger partial charge in [0.1, 0.15) is 0 Å². The molecule has 0 aliphatic carbocycles. The van der Waals surface area contributed by atoms with Gasteiger partial charge in [-0.3, -0.25) is 4.79 Å². The predicted octanol–water partition coefficient (Wildman–Crippen LogP) is 3.02. The van der Waals surface area contributed by atoms with Gasteiger partial charge in [-0.2, -0.15) is 12.6 Å². The molecule has 0 aliphatic heterocycles. The molecule has 0 bridgehead atoms. The van der Waals surface area contributed by atoms with E-state index in [1.807, 2.05) is 23.7 Å². The molecule has 2 rings (SSSR count). The van der Waals surface area contributed by atoms with E-state index in [-0.39, 0.29) is 5.56 Å². The second-order valence-corrected chi connectivity index (χ2v) is 5.24. The molecule has 0 radical (unpaired) electrons. The Labute approximate surface area is 104 Å². The van der Waals surface area contributed by atoms with Crippen LogP contribution in [0.2, 0.25) is 0 Å². The van der Waals surface area contributed by atoms with Crippen LogP contribution in [0.15, 0.2) is 28.5 Å². The van der Waals surface area contributed by atoms with Gasteiger partial charge in [-0.25, -0.2) is 0 Å². The molecule has 1 atom stereocenters. The summed E-state index contributed by atoms with van der Waals surface area (Å²) < 4.78 is 2.87. The van der Waals surface area contributed by atoms with Gasteiger partial charge in [0.25, 0.3) is 5.56 Å². The first-order valence-electron chi connectivity index (χ1n) is 5.43. The van der Waals surface area contributed by atoms with E-state index in [1.165, 1.54) is 0 Å². The van der Waals surface area contributed by atoms with Gasteiger partial charge in [-0.05, 0) is 29.2 Å². The van der Waals surface area contributed by atoms with Crippen molar-refractivity contribution < 1.29 is 0 Å². The molecule has 0 saturated carbocycles. The maximum absolute atomic E-state index is 12.1. The molecule has 2 aromatic heterocycles. The van der Waals surface area contributed by atoms with Crippen LogP contribution in [-0.2, 0) is 6.54 Å².